The van der Waals surface area contributed by atoms with Crippen LogP contribution in [-0.2, 0) is 22.7 Å². The largest absolute Gasteiger partial charge is 0.481 e. The van der Waals surface area contributed by atoms with Gasteiger partial charge in [-0.15, -0.1) is 0 Å². The molecule has 0 saturated carbocycles. The number of fused-ring (bicyclic) bond motifs is 1. The maximum atomic E-state index is 13.4. The van der Waals surface area contributed by atoms with Gasteiger partial charge in [-0.3, -0.25) is 23.7 Å². The molecule has 52 heavy (non-hydrogen) atoms. The van der Waals surface area contributed by atoms with Gasteiger partial charge in [-0.25, -0.2) is 9.97 Å². The molecule has 268 valence electrons. The summed E-state index contributed by atoms with van der Waals surface area (Å²) < 4.78 is 7.25. The molecule has 11 nitrogen and oxygen atoms in total. The first-order valence-electron chi connectivity index (χ1n) is 17.6. The van der Waals surface area contributed by atoms with Crippen LogP contribution in [0.4, 0.5) is 0 Å². The third-order valence-electron chi connectivity index (χ3n) is 9.97. The summed E-state index contributed by atoms with van der Waals surface area (Å²) in [4.78, 5) is 48.1. The second kappa shape index (κ2) is 15.2. The number of nitrogens with zero attached hydrogens (tertiary/aromatic N) is 4. The van der Waals surface area contributed by atoms with Crippen LogP contribution in [0.15, 0.2) is 77.9 Å². The molecule has 2 atom stereocenters. The highest BCUT2D eigenvalue weighted by molar-refractivity contribution is 6.36. The lowest BCUT2D eigenvalue weighted by Gasteiger charge is -2.20. The maximum absolute atomic E-state index is 13.4. The summed E-state index contributed by atoms with van der Waals surface area (Å²) >= 11 is 7.15. The number of aromatic nitrogens is 3. The summed E-state index contributed by atoms with van der Waals surface area (Å²) in [6.45, 7) is 4.43. The van der Waals surface area contributed by atoms with Crippen LogP contribution in [0.5, 0.6) is 5.88 Å². The fraction of sp³-hybridized carbons (Fsp3) is 0.325. The Bertz CT molecular complexity index is 2220. The number of nitrogens with one attached hydrogen (secondary N) is 3. The van der Waals surface area contributed by atoms with Crippen molar-refractivity contribution >= 4 is 29.1 Å². The molecule has 0 unspecified atom stereocenters. The predicted octanol–water partition coefficient (Wildman–Crippen LogP) is 5.14. The second-order valence-electron chi connectivity index (χ2n) is 13.7. The zero-order chi connectivity index (χ0) is 36.4. The van der Waals surface area contributed by atoms with Gasteiger partial charge < -0.3 is 20.7 Å². The molecule has 0 bridgehead atoms. The fourth-order valence-corrected chi connectivity index (χ4v) is 7.58. The fourth-order valence-electron chi connectivity index (χ4n) is 7.25. The number of likely N-dealkylation sites (N-methyl/N-ethyl adjacent to an activating group) is 1. The van der Waals surface area contributed by atoms with Gasteiger partial charge in [-0.05, 0) is 67.3 Å². The molecule has 2 aromatic carbocycles. The molecule has 7 rings (SSSR count). The van der Waals surface area contributed by atoms with E-state index < -0.39 is 0 Å². The number of amides is 2. The predicted molar refractivity (Wildman–Crippen MR) is 202 cm³/mol. The molecule has 5 heterocycles. The lowest BCUT2D eigenvalue weighted by Crippen LogP contribution is -2.37. The van der Waals surface area contributed by atoms with Gasteiger partial charge in [0.25, 0.3) is 5.56 Å². The van der Waals surface area contributed by atoms with Gasteiger partial charge in [0, 0.05) is 80.2 Å². The molecule has 2 aliphatic heterocycles. The van der Waals surface area contributed by atoms with E-state index >= 15 is 0 Å². The van der Waals surface area contributed by atoms with Crippen LogP contribution in [0.2, 0.25) is 5.02 Å². The van der Waals surface area contributed by atoms with Crippen molar-refractivity contribution in [2.45, 2.75) is 57.8 Å². The smallest absolute Gasteiger partial charge is 0.262 e. The molecule has 12 heteroatoms. The maximum Gasteiger partial charge on any atom is 0.262 e. The molecule has 2 fully saturated rings. The van der Waals surface area contributed by atoms with Crippen molar-refractivity contribution in [3.8, 4) is 39.4 Å². The van der Waals surface area contributed by atoms with Gasteiger partial charge in [0.2, 0.25) is 17.7 Å². The first-order valence-corrected chi connectivity index (χ1v) is 18.0. The van der Waals surface area contributed by atoms with E-state index in [1.54, 1.807) is 23.9 Å². The number of halogens is 1. The molecule has 3 N–H and O–H groups in total. The lowest BCUT2D eigenvalue weighted by atomic mass is 9.92. The number of rotatable bonds is 12. The average Bonchev–Trinajstić information content (AvgIpc) is 3.76. The minimum Gasteiger partial charge on any atom is -0.481 e. The Labute approximate surface area is 307 Å². The Kier molecular flexibility index (Phi) is 10.4. The van der Waals surface area contributed by atoms with Crippen LogP contribution < -0.4 is 26.2 Å². The number of benzene rings is 2. The Morgan fingerprint density at radius 1 is 0.923 bits per heavy atom. The minimum atomic E-state index is -0.110. The van der Waals surface area contributed by atoms with Crippen molar-refractivity contribution in [2.24, 2.45) is 0 Å². The Morgan fingerprint density at radius 3 is 2.37 bits per heavy atom. The van der Waals surface area contributed by atoms with Crippen molar-refractivity contribution in [3.63, 3.8) is 0 Å². The zero-order valence-electron chi connectivity index (χ0n) is 29.5. The first-order chi connectivity index (χ1) is 25.2. The number of hydrogen-bond acceptors (Lipinski definition) is 8. The van der Waals surface area contributed by atoms with Gasteiger partial charge in [0.15, 0.2) is 0 Å². The van der Waals surface area contributed by atoms with E-state index in [0.717, 1.165) is 51.8 Å². The highest BCUT2D eigenvalue weighted by Crippen LogP contribution is 2.40. The average molecular weight is 720 g/mol. The molecule has 0 aliphatic carbocycles. The third kappa shape index (κ3) is 7.43. The molecule has 0 spiro atoms. The number of carbonyl (C=O) groups excluding carboxylic acids is 2. The highest BCUT2D eigenvalue weighted by atomic mass is 35.5. The van der Waals surface area contributed by atoms with Crippen LogP contribution in [0, 0.1) is 6.92 Å². The van der Waals surface area contributed by atoms with Crippen molar-refractivity contribution < 1.29 is 14.3 Å². The summed E-state index contributed by atoms with van der Waals surface area (Å²) in [6.07, 6.45) is 6.21. The molecular formula is C40H42ClN7O4. The second-order valence-corrected chi connectivity index (χ2v) is 14.1. The van der Waals surface area contributed by atoms with Gasteiger partial charge in [-0.2, -0.15) is 0 Å². The quantitative estimate of drug-likeness (QED) is 0.162. The van der Waals surface area contributed by atoms with Crippen LogP contribution in [0.25, 0.3) is 39.2 Å². The van der Waals surface area contributed by atoms with E-state index in [4.69, 9.17) is 21.3 Å². The lowest BCUT2D eigenvalue weighted by molar-refractivity contribution is -0.120. The van der Waals surface area contributed by atoms with Crippen molar-refractivity contribution in [2.75, 3.05) is 27.2 Å². The zero-order valence-corrected chi connectivity index (χ0v) is 30.3. The first kappa shape index (κ1) is 35.3. The Morgan fingerprint density at radius 2 is 1.63 bits per heavy atom. The van der Waals surface area contributed by atoms with Gasteiger partial charge >= 0.3 is 0 Å². The Hall–Kier alpha value is -5.10. The number of hydrogen-bond donors (Lipinski definition) is 3. The number of methoxy groups -OCH3 is 1. The van der Waals surface area contributed by atoms with E-state index in [9.17, 15) is 14.4 Å². The molecular weight excluding hydrogens is 678 g/mol. The van der Waals surface area contributed by atoms with Crippen molar-refractivity contribution in [1.82, 2.24) is 35.2 Å². The SMILES string of the molecule is COc1nc(-c2cccc(-c3cccc(-c4ccn5c(=O)c(CN(C)C[C@@H]6CCC(=O)N6)cnc5c4)c3C)c2Cl)ccc1CNC[C@@H]1CCC(=O)N1. The number of pyridine rings is 2. The summed E-state index contributed by atoms with van der Waals surface area (Å²) in [6, 6.07) is 20.1. The minimum absolute atomic E-state index is 0.0808. The number of ether oxygens (including phenoxy) is 1. The van der Waals surface area contributed by atoms with Gasteiger partial charge in [0.1, 0.15) is 5.65 Å². The van der Waals surface area contributed by atoms with E-state index in [1.165, 1.54) is 0 Å². The van der Waals surface area contributed by atoms with E-state index in [1.807, 2.05) is 60.5 Å². The molecule has 2 saturated heterocycles. The normalized spacial score (nSPS) is 17.2. The van der Waals surface area contributed by atoms with E-state index in [0.29, 0.717) is 66.8 Å². The third-order valence-corrected chi connectivity index (χ3v) is 10.4. The summed E-state index contributed by atoms with van der Waals surface area (Å²) in [7, 11) is 3.56. The van der Waals surface area contributed by atoms with Crippen molar-refractivity contribution in [3.05, 3.63) is 105 Å². The van der Waals surface area contributed by atoms with E-state index in [-0.39, 0.29) is 29.5 Å². The van der Waals surface area contributed by atoms with Crippen LogP contribution >= 0.6 is 11.6 Å². The molecule has 2 aliphatic rings. The molecule has 2 amide bonds. The topological polar surface area (TPSA) is 130 Å². The molecule has 0 radical (unpaired) electrons. The highest BCUT2D eigenvalue weighted by Gasteiger charge is 2.23. The monoisotopic (exact) mass is 719 g/mol. The van der Waals surface area contributed by atoms with E-state index in [2.05, 4.69) is 40.0 Å². The van der Waals surface area contributed by atoms with Gasteiger partial charge in [-0.1, -0.05) is 54.1 Å². The van der Waals surface area contributed by atoms with Crippen LogP contribution in [0.3, 0.4) is 0 Å². The molecule has 3 aromatic heterocycles. The molecule has 5 aromatic rings. The van der Waals surface area contributed by atoms with Crippen LogP contribution in [-0.4, -0.2) is 70.4 Å². The van der Waals surface area contributed by atoms with Crippen molar-refractivity contribution in [1.29, 1.82) is 0 Å². The summed E-state index contributed by atoms with van der Waals surface area (Å²) in [5.74, 6) is 0.697. The van der Waals surface area contributed by atoms with Crippen LogP contribution in [0.1, 0.15) is 42.4 Å². The standard InChI is InChI=1S/C40H42ClN7O4/c1-24-30(25-16-17-48-35(18-25)43-20-27(40(48)51)22-47(2)23-29-12-15-37(50)45-29)6-4-7-31(24)32-8-5-9-33(38(32)41)34-13-10-26(39(46-34)52-3)19-42-21-28-11-14-36(49)44-28/h4-10,13,16-18,20,28-29,42H,11-12,14-15,19,21-23H2,1-3H3,(H,44,49)(H,45,50)/t28-,29-/m0/s1. The summed E-state index contributed by atoms with van der Waals surface area (Å²) in [5, 5.41) is 9.95. The summed E-state index contributed by atoms with van der Waals surface area (Å²) in [5.41, 5.74) is 8.30. The van der Waals surface area contributed by atoms with Gasteiger partial charge in [0.05, 0.1) is 23.4 Å². The Balaban J connectivity index is 1.11. The number of carbonyl (C=O) groups is 2.